The quantitative estimate of drug-likeness (QED) is 0.690. The molecule has 1 aromatic carbocycles. The Kier molecular flexibility index (Phi) is 3.13. The molecule has 1 aliphatic rings. The van der Waals surface area contributed by atoms with Crippen LogP contribution in [0.25, 0.3) is 0 Å². The van der Waals surface area contributed by atoms with Crippen molar-refractivity contribution >= 4 is 5.71 Å². The van der Waals surface area contributed by atoms with E-state index in [1.807, 2.05) is 25.1 Å². The highest BCUT2D eigenvalue weighted by Crippen LogP contribution is 2.09. The van der Waals surface area contributed by atoms with Crippen molar-refractivity contribution in [3.05, 3.63) is 60.2 Å². The van der Waals surface area contributed by atoms with E-state index in [2.05, 4.69) is 41.4 Å². The second kappa shape index (κ2) is 4.74. The lowest BCUT2D eigenvalue weighted by Crippen LogP contribution is -2.06. The average molecular weight is 197 g/mol. The smallest absolute Gasteiger partial charge is 0.0726 e. The Balaban J connectivity index is 2.10. The number of rotatable bonds is 2. The minimum atomic E-state index is 0.280. The number of hydrogen-bond acceptors (Lipinski definition) is 1. The number of allylic oxidation sites excluding steroid dienone is 3. The molecule has 1 nitrogen and oxygen atoms in total. The van der Waals surface area contributed by atoms with Crippen LogP contribution in [-0.4, -0.2) is 11.8 Å². The number of aliphatic imine (C=N–C) groups is 1. The monoisotopic (exact) mass is 197 g/mol. The van der Waals surface area contributed by atoms with Gasteiger partial charge in [0.25, 0.3) is 0 Å². The van der Waals surface area contributed by atoms with Gasteiger partial charge in [0.1, 0.15) is 0 Å². The molecule has 1 heteroatoms. The topological polar surface area (TPSA) is 12.4 Å². The van der Waals surface area contributed by atoms with Crippen molar-refractivity contribution in [1.29, 1.82) is 0 Å². The lowest BCUT2D eigenvalue weighted by molar-refractivity contribution is 0.813. The first kappa shape index (κ1) is 9.91. The molecule has 15 heavy (non-hydrogen) atoms. The van der Waals surface area contributed by atoms with E-state index in [0.717, 1.165) is 12.1 Å². The van der Waals surface area contributed by atoms with Crippen LogP contribution in [0.15, 0.2) is 59.6 Å². The third-order valence-corrected chi connectivity index (χ3v) is 2.44. The lowest BCUT2D eigenvalue weighted by atomic mass is 10.1. The fourth-order valence-corrected chi connectivity index (χ4v) is 1.70. The van der Waals surface area contributed by atoms with Crippen LogP contribution in [-0.2, 0) is 6.42 Å². The Hall–Kier alpha value is -1.63. The van der Waals surface area contributed by atoms with E-state index >= 15 is 0 Å². The molecule has 0 aromatic heterocycles. The second-order valence-corrected chi connectivity index (χ2v) is 3.77. The zero-order valence-electron chi connectivity index (χ0n) is 8.93. The van der Waals surface area contributed by atoms with Gasteiger partial charge in [-0.15, -0.1) is 0 Å². The SMILES string of the molecule is CC1=N[C@@H](Cc2ccccc2)C=CC=C1. The Morgan fingerprint density at radius 3 is 2.73 bits per heavy atom. The first-order valence-corrected chi connectivity index (χ1v) is 5.28. The maximum Gasteiger partial charge on any atom is 0.0726 e. The molecule has 1 aromatic rings. The first-order chi connectivity index (χ1) is 7.34. The molecule has 0 amide bonds. The van der Waals surface area contributed by atoms with Gasteiger partial charge < -0.3 is 0 Å². The van der Waals surface area contributed by atoms with Gasteiger partial charge in [0, 0.05) is 5.71 Å². The van der Waals surface area contributed by atoms with Gasteiger partial charge in [-0.05, 0) is 25.0 Å². The summed E-state index contributed by atoms with van der Waals surface area (Å²) in [5.74, 6) is 0. The highest BCUT2D eigenvalue weighted by molar-refractivity contribution is 5.93. The van der Waals surface area contributed by atoms with Crippen molar-refractivity contribution in [3.8, 4) is 0 Å². The molecular formula is C14H15N. The van der Waals surface area contributed by atoms with Crippen LogP contribution in [0, 0.1) is 0 Å². The van der Waals surface area contributed by atoms with Crippen LogP contribution in [0.3, 0.4) is 0 Å². The van der Waals surface area contributed by atoms with E-state index in [1.165, 1.54) is 5.56 Å². The van der Waals surface area contributed by atoms with E-state index in [9.17, 15) is 0 Å². The summed E-state index contributed by atoms with van der Waals surface area (Å²) in [4.78, 5) is 4.61. The Labute approximate surface area is 90.9 Å². The standard InChI is InChI=1S/C14H15N/c1-12-7-5-6-10-14(15-12)11-13-8-3-2-4-9-13/h2-10,14H,11H2,1H3/t14-/m1/s1. The van der Waals surface area contributed by atoms with E-state index in [4.69, 9.17) is 0 Å². The summed E-state index contributed by atoms with van der Waals surface area (Å²) >= 11 is 0. The summed E-state index contributed by atoms with van der Waals surface area (Å²) in [7, 11) is 0. The van der Waals surface area contributed by atoms with E-state index in [0.29, 0.717) is 0 Å². The molecule has 0 bridgehead atoms. The molecule has 1 atom stereocenters. The fraction of sp³-hybridized carbons (Fsp3) is 0.214. The van der Waals surface area contributed by atoms with E-state index in [1.54, 1.807) is 0 Å². The molecule has 0 N–H and O–H groups in total. The normalized spacial score (nSPS) is 19.8. The maximum atomic E-state index is 4.61. The van der Waals surface area contributed by atoms with Gasteiger partial charge in [0.2, 0.25) is 0 Å². The fourth-order valence-electron chi connectivity index (χ4n) is 1.70. The second-order valence-electron chi connectivity index (χ2n) is 3.77. The first-order valence-electron chi connectivity index (χ1n) is 5.28. The third-order valence-electron chi connectivity index (χ3n) is 2.44. The zero-order chi connectivity index (χ0) is 10.5. The van der Waals surface area contributed by atoms with E-state index < -0.39 is 0 Å². The van der Waals surface area contributed by atoms with Crippen molar-refractivity contribution < 1.29 is 0 Å². The van der Waals surface area contributed by atoms with E-state index in [-0.39, 0.29) is 6.04 Å². The highest BCUT2D eigenvalue weighted by atomic mass is 14.8. The van der Waals surface area contributed by atoms with Crippen molar-refractivity contribution in [2.45, 2.75) is 19.4 Å². The minimum Gasteiger partial charge on any atom is -0.282 e. The summed E-state index contributed by atoms with van der Waals surface area (Å²) in [5.41, 5.74) is 2.44. The molecule has 0 fully saturated rings. The van der Waals surface area contributed by atoms with Gasteiger partial charge in [-0.2, -0.15) is 0 Å². The van der Waals surface area contributed by atoms with Gasteiger partial charge in [-0.3, -0.25) is 4.99 Å². The Bertz CT molecular complexity index is 399. The number of benzene rings is 1. The number of hydrogen-bond donors (Lipinski definition) is 0. The highest BCUT2D eigenvalue weighted by Gasteiger charge is 2.04. The molecule has 0 spiro atoms. The largest absolute Gasteiger partial charge is 0.282 e. The van der Waals surface area contributed by atoms with Gasteiger partial charge in [-0.1, -0.05) is 48.6 Å². The molecule has 0 aliphatic carbocycles. The van der Waals surface area contributed by atoms with Crippen molar-refractivity contribution in [3.63, 3.8) is 0 Å². The molecule has 2 rings (SSSR count). The van der Waals surface area contributed by atoms with Crippen LogP contribution in [0.5, 0.6) is 0 Å². The molecule has 0 saturated heterocycles. The molecule has 76 valence electrons. The van der Waals surface area contributed by atoms with Crippen LogP contribution in [0.2, 0.25) is 0 Å². The van der Waals surface area contributed by atoms with Crippen molar-refractivity contribution in [1.82, 2.24) is 0 Å². The Morgan fingerprint density at radius 2 is 1.93 bits per heavy atom. The molecule has 1 heterocycles. The minimum absolute atomic E-state index is 0.280. The van der Waals surface area contributed by atoms with Gasteiger partial charge >= 0.3 is 0 Å². The summed E-state index contributed by atoms with van der Waals surface area (Å²) in [6, 6.07) is 10.8. The van der Waals surface area contributed by atoms with Gasteiger partial charge in [0.05, 0.1) is 6.04 Å². The van der Waals surface area contributed by atoms with Crippen LogP contribution in [0.4, 0.5) is 0 Å². The van der Waals surface area contributed by atoms with Gasteiger partial charge in [0.15, 0.2) is 0 Å². The summed E-state index contributed by atoms with van der Waals surface area (Å²) in [5, 5.41) is 0. The lowest BCUT2D eigenvalue weighted by Gasteiger charge is -2.07. The summed E-state index contributed by atoms with van der Waals surface area (Å²) in [6.45, 7) is 2.04. The third kappa shape index (κ3) is 2.91. The maximum absolute atomic E-state index is 4.61. The Morgan fingerprint density at radius 1 is 1.13 bits per heavy atom. The van der Waals surface area contributed by atoms with Crippen LogP contribution in [0.1, 0.15) is 12.5 Å². The molecular weight excluding hydrogens is 182 g/mol. The van der Waals surface area contributed by atoms with Gasteiger partial charge in [-0.25, -0.2) is 0 Å². The summed E-state index contributed by atoms with van der Waals surface area (Å²) in [6.07, 6.45) is 9.30. The summed E-state index contributed by atoms with van der Waals surface area (Å²) < 4.78 is 0. The predicted octanol–water partition coefficient (Wildman–Crippen LogP) is 3.18. The van der Waals surface area contributed by atoms with Crippen LogP contribution < -0.4 is 0 Å². The van der Waals surface area contributed by atoms with Crippen molar-refractivity contribution in [2.24, 2.45) is 4.99 Å². The number of nitrogens with zero attached hydrogens (tertiary/aromatic N) is 1. The molecule has 0 unspecified atom stereocenters. The molecule has 0 saturated carbocycles. The predicted molar refractivity (Wildman–Crippen MR) is 65.3 cm³/mol. The zero-order valence-corrected chi connectivity index (χ0v) is 8.93. The molecule has 0 radical (unpaired) electrons. The average Bonchev–Trinajstić information content (AvgIpc) is 2.44. The molecule has 1 aliphatic heterocycles. The van der Waals surface area contributed by atoms with Crippen LogP contribution >= 0.6 is 0 Å². The van der Waals surface area contributed by atoms with Crippen molar-refractivity contribution in [2.75, 3.05) is 0 Å².